The zero-order valence-electron chi connectivity index (χ0n) is 12.0. The Morgan fingerprint density at radius 2 is 2.10 bits per heavy atom. The molecule has 3 atom stereocenters. The molecule has 1 aliphatic heterocycles. The van der Waals surface area contributed by atoms with Gasteiger partial charge in [0.1, 0.15) is 0 Å². The van der Waals surface area contributed by atoms with Gasteiger partial charge in [0.05, 0.1) is 11.5 Å². The fourth-order valence-electron chi connectivity index (χ4n) is 3.71. The molecular formula is C16H23NO2S. The van der Waals surface area contributed by atoms with Gasteiger partial charge in [0, 0.05) is 6.04 Å². The van der Waals surface area contributed by atoms with Crippen LogP contribution in [-0.4, -0.2) is 33.0 Å². The van der Waals surface area contributed by atoms with Gasteiger partial charge in [-0.05, 0) is 55.7 Å². The molecule has 0 aromatic heterocycles. The number of fused-ring (bicyclic) bond motifs is 1. The van der Waals surface area contributed by atoms with Crippen LogP contribution in [0.3, 0.4) is 0 Å². The lowest BCUT2D eigenvalue weighted by Crippen LogP contribution is -2.32. The molecule has 1 fully saturated rings. The van der Waals surface area contributed by atoms with Crippen molar-refractivity contribution in [3.05, 3.63) is 35.4 Å². The van der Waals surface area contributed by atoms with Crippen LogP contribution in [-0.2, 0) is 16.3 Å². The molecule has 1 aromatic carbocycles. The number of nitrogens with one attached hydrogen (secondary N) is 1. The summed E-state index contributed by atoms with van der Waals surface area (Å²) in [4.78, 5) is 0. The van der Waals surface area contributed by atoms with Gasteiger partial charge in [-0.3, -0.25) is 0 Å². The van der Waals surface area contributed by atoms with E-state index in [1.807, 2.05) is 7.05 Å². The van der Waals surface area contributed by atoms with E-state index < -0.39 is 9.84 Å². The molecule has 1 saturated heterocycles. The van der Waals surface area contributed by atoms with Crippen LogP contribution in [0.5, 0.6) is 0 Å². The zero-order chi connectivity index (χ0) is 14.2. The third kappa shape index (κ3) is 2.91. The molecule has 3 unspecified atom stereocenters. The highest BCUT2D eigenvalue weighted by molar-refractivity contribution is 7.91. The first-order valence-electron chi connectivity index (χ1n) is 7.53. The lowest BCUT2D eigenvalue weighted by molar-refractivity contribution is 0.370. The van der Waals surface area contributed by atoms with Gasteiger partial charge < -0.3 is 5.32 Å². The normalized spacial score (nSPS) is 28.6. The molecule has 3 nitrogen and oxygen atoms in total. The highest BCUT2D eigenvalue weighted by atomic mass is 32.2. The molecule has 0 spiro atoms. The molecule has 0 radical (unpaired) electrons. The van der Waals surface area contributed by atoms with E-state index in [4.69, 9.17) is 0 Å². The van der Waals surface area contributed by atoms with Crippen LogP contribution < -0.4 is 5.32 Å². The number of sulfone groups is 1. The fourth-order valence-corrected chi connectivity index (χ4v) is 5.59. The first-order valence-corrected chi connectivity index (χ1v) is 9.35. The van der Waals surface area contributed by atoms with Crippen molar-refractivity contribution in [2.45, 2.75) is 37.6 Å². The van der Waals surface area contributed by atoms with Crippen LogP contribution in [0.1, 0.15) is 36.3 Å². The van der Waals surface area contributed by atoms with E-state index in [1.165, 1.54) is 17.5 Å². The van der Waals surface area contributed by atoms with E-state index in [-0.39, 0.29) is 0 Å². The summed E-state index contributed by atoms with van der Waals surface area (Å²) in [6, 6.07) is 9.10. The van der Waals surface area contributed by atoms with Crippen molar-refractivity contribution < 1.29 is 8.42 Å². The average Bonchev–Trinajstić information content (AvgIpc) is 2.74. The highest BCUT2D eigenvalue weighted by Gasteiger charge is 2.32. The van der Waals surface area contributed by atoms with Gasteiger partial charge in [-0.2, -0.15) is 0 Å². The second-order valence-electron chi connectivity index (χ2n) is 6.33. The SMILES string of the molecule is CNC(CC1CCS(=O)(=O)C1)CC1Cc2ccccc21. The van der Waals surface area contributed by atoms with Crippen molar-refractivity contribution in [1.29, 1.82) is 0 Å². The van der Waals surface area contributed by atoms with Gasteiger partial charge in [0.25, 0.3) is 0 Å². The quantitative estimate of drug-likeness (QED) is 0.904. The van der Waals surface area contributed by atoms with Gasteiger partial charge in [-0.25, -0.2) is 8.42 Å². The van der Waals surface area contributed by atoms with E-state index in [1.54, 1.807) is 0 Å². The Balaban J connectivity index is 1.57. The fraction of sp³-hybridized carbons (Fsp3) is 0.625. The maximum Gasteiger partial charge on any atom is 0.150 e. The number of rotatable bonds is 5. The maximum absolute atomic E-state index is 11.5. The number of hydrogen-bond acceptors (Lipinski definition) is 3. The Morgan fingerprint density at radius 3 is 2.75 bits per heavy atom. The Hall–Kier alpha value is -0.870. The molecule has 2 aliphatic rings. The summed E-state index contributed by atoms with van der Waals surface area (Å²) in [5, 5.41) is 3.39. The van der Waals surface area contributed by atoms with E-state index >= 15 is 0 Å². The number of benzene rings is 1. The van der Waals surface area contributed by atoms with Gasteiger partial charge in [0.2, 0.25) is 0 Å². The van der Waals surface area contributed by atoms with Crippen molar-refractivity contribution in [2.24, 2.45) is 5.92 Å². The van der Waals surface area contributed by atoms with Crippen LogP contribution in [0.25, 0.3) is 0 Å². The van der Waals surface area contributed by atoms with Gasteiger partial charge >= 0.3 is 0 Å². The largest absolute Gasteiger partial charge is 0.317 e. The summed E-state index contributed by atoms with van der Waals surface area (Å²) in [5.74, 6) is 1.79. The molecule has 0 amide bonds. The molecule has 3 rings (SSSR count). The van der Waals surface area contributed by atoms with Crippen molar-refractivity contribution in [3.8, 4) is 0 Å². The first kappa shape index (κ1) is 14.1. The molecule has 0 bridgehead atoms. The Labute approximate surface area is 121 Å². The molecule has 0 saturated carbocycles. The predicted molar refractivity (Wildman–Crippen MR) is 81.7 cm³/mol. The summed E-state index contributed by atoms with van der Waals surface area (Å²) in [6.45, 7) is 0. The first-order chi connectivity index (χ1) is 9.57. The molecule has 1 aromatic rings. The van der Waals surface area contributed by atoms with Gasteiger partial charge in [-0.1, -0.05) is 24.3 Å². The second kappa shape index (κ2) is 5.49. The van der Waals surface area contributed by atoms with Gasteiger partial charge in [-0.15, -0.1) is 0 Å². The van der Waals surface area contributed by atoms with E-state index in [2.05, 4.69) is 29.6 Å². The van der Waals surface area contributed by atoms with E-state index in [0.29, 0.717) is 29.4 Å². The summed E-state index contributed by atoms with van der Waals surface area (Å²) in [5.41, 5.74) is 2.97. The Bertz CT molecular complexity index is 582. The minimum absolute atomic E-state index is 0.354. The molecule has 20 heavy (non-hydrogen) atoms. The molecule has 1 heterocycles. The predicted octanol–water partition coefficient (Wildman–Crippen LogP) is 2.13. The highest BCUT2D eigenvalue weighted by Crippen LogP contribution is 2.39. The Kier molecular flexibility index (Phi) is 3.87. The van der Waals surface area contributed by atoms with Crippen LogP contribution in [0.15, 0.2) is 24.3 Å². The molecule has 110 valence electrons. The minimum Gasteiger partial charge on any atom is -0.317 e. The standard InChI is InChI=1S/C16H23NO2S/c1-17-15(8-12-6-7-20(18,19)11-12)10-14-9-13-4-2-3-5-16(13)14/h2-5,12,14-15,17H,6-11H2,1H3. The average molecular weight is 293 g/mol. The molecule has 1 aliphatic carbocycles. The topological polar surface area (TPSA) is 46.2 Å². The van der Waals surface area contributed by atoms with E-state index in [0.717, 1.165) is 19.3 Å². The lowest BCUT2D eigenvalue weighted by atomic mass is 9.73. The maximum atomic E-state index is 11.5. The zero-order valence-corrected chi connectivity index (χ0v) is 12.8. The van der Waals surface area contributed by atoms with Crippen molar-refractivity contribution in [3.63, 3.8) is 0 Å². The summed E-state index contributed by atoms with van der Waals surface area (Å²) in [6.07, 6.45) is 4.15. The van der Waals surface area contributed by atoms with Crippen molar-refractivity contribution >= 4 is 9.84 Å². The monoisotopic (exact) mass is 293 g/mol. The van der Waals surface area contributed by atoms with Crippen LogP contribution in [0.2, 0.25) is 0 Å². The Morgan fingerprint density at radius 1 is 1.30 bits per heavy atom. The second-order valence-corrected chi connectivity index (χ2v) is 8.55. The van der Waals surface area contributed by atoms with E-state index in [9.17, 15) is 8.42 Å². The van der Waals surface area contributed by atoms with Crippen molar-refractivity contribution in [1.82, 2.24) is 5.32 Å². The third-order valence-electron chi connectivity index (χ3n) is 4.88. The van der Waals surface area contributed by atoms with Crippen molar-refractivity contribution in [2.75, 3.05) is 18.6 Å². The van der Waals surface area contributed by atoms with Gasteiger partial charge in [0.15, 0.2) is 9.84 Å². The lowest BCUT2D eigenvalue weighted by Gasteiger charge is -2.33. The summed E-state index contributed by atoms with van der Waals surface area (Å²) in [7, 11) is -0.747. The summed E-state index contributed by atoms with van der Waals surface area (Å²) < 4.78 is 23.1. The smallest absolute Gasteiger partial charge is 0.150 e. The van der Waals surface area contributed by atoms with Crippen LogP contribution >= 0.6 is 0 Å². The number of hydrogen-bond donors (Lipinski definition) is 1. The van der Waals surface area contributed by atoms with Crippen LogP contribution in [0, 0.1) is 5.92 Å². The van der Waals surface area contributed by atoms with Crippen LogP contribution in [0.4, 0.5) is 0 Å². The third-order valence-corrected chi connectivity index (χ3v) is 6.72. The molecule has 1 N–H and O–H groups in total. The summed E-state index contributed by atoms with van der Waals surface area (Å²) >= 11 is 0. The minimum atomic E-state index is -2.75. The molecular weight excluding hydrogens is 270 g/mol. The molecule has 4 heteroatoms.